The summed E-state index contributed by atoms with van der Waals surface area (Å²) in [5.74, 6) is -0.492. The van der Waals surface area contributed by atoms with Crippen molar-refractivity contribution in [1.82, 2.24) is 4.90 Å². The molecule has 1 amide bonds. The third-order valence-electron chi connectivity index (χ3n) is 2.73. The van der Waals surface area contributed by atoms with Crippen molar-refractivity contribution in [1.29, 1.82) is 0 Å². The van der Waals surface area contributed by atoms with E-state index < -0.39 is 5.97 Å². The quantitative estimate of drug-likeness (QED) is 0.771. The van der Waals surface area contributed by atoms with Crippen LogP contribution < -0.4 is 0 Å². The van der Waals surface area contributed by atoms with Crippen LogP contribution in [0.5, 0.6) is 0 Å². The molecule has 0 atom stereocenters. The normalized spacial score (nSPS) is 10.5. The minimum absolute atomic E-state index is 0.00590. The molecule has 0 unspecified atom stereocenters. The molecule has 0 aliphatic carbocycles. The Morgan fingerprint density at radius 2 is 2.11 bits per heavy atom. The SMILES string of the molecule is CCc1ccsc1C(=O)N(CC(=O)OC)C(C)C. The molecule has 100 valence electrons. The maximum Gasteiger partial charge on any atom is 0.325 e. The highest BCUT2D eigenvalue weighted by Crippen LogP contribution is 2.20. The first kappa shape index (κ1) is 14.7. The van der Waals surface area contributed by atoms with Crippen LogP contribution in [0.1, 0.15) is 36.0 Å². The molecule has 0 aromatic carbocycles. The molecule has 0 saturated carbocycles. The van der Waals surface area contributed by atoms with Gasteiger partial charge in [0.25, 0.3) is 5.91 Å². The van der Waals surface area contributed by atoms with Crippen molar-refractivity contribution < 1.29 is 14.3 Å². The molecule has 0 radical (unpaired) electrons. The number of carbonyl (C=O) groups is 2. The molecule has 1 rings (SSSR count). The summed E-state index contributed by atoms with van der Waals surface area (Å²) in [6, 6.07) is 1.91. The average molecular weight is 269 g/mol. The lowest BCUT2D eigenvalue weighted by atomic mass is 10.2. The highest BCUT2D eigenvalue weighted by molar-refractivity contribution is 7.12. The van der Waals surface area contributed by atoms with Crippen LogP contribution in [0.25, 0.3) is 0 Å². The minimum Gasteiger partial charge on any atom is -0.468 e. The summed E-state index contributed by atoms with van der Waals surface area (Å²) in [5.41, 5.74) is 1.03. The Labute approximate surface area is 112 Å². The minimum atomic E-state index is -0.397. The van der Waals surface area contributed by atoms with Gasteiger partial charge in [0.2, 0.25) is 0 Å². The van der Waals surface area contributed by atoms with Crippen molar-refractivity contribution in [2.75, 3.05) is 13.7 Å². The first-order valence-corrected chi connectivity index (χ1v) is 6.83. The van der Waals surface area contributed by atoms with Crippen LogP contribution in [0, 0.1) is 0 Å². The molecule has 0 aliphatic rings. The van der Waals surface area contributed by atoms with E-state index in [1.54, 1.807) is 0 Å². The largest absolute Gasteiger partial charge is 0.468 e. The molecule has 1 heterocycles. The lowest BCUT2D eigenvalue weighted by molar-refractivity contribution is -0.141. The Morgan fingerprint density at radius 1 is 1.44 bits per heavy atom. The molecule has 0 N–H and O–H groups in total. The summed E-state index contributed by atoms with van der Waals surface area (Å²) in [5, 5.41) is 1.91. The number of carbonyl (C=O) groups excluding carboxylic acids is 2. The molecule has 4 nitrogen and oxygen atoms in total. The van der Waals surface area contributed by atoms with E-state index in [1.165, 1.54) is 23.3 Å². The van der Waals surface area contributed by atoms with Gasteiger partial charge in [-0.15, -0.1) is 11.3 Å². The molecule has 0 spiro atoms. The van der Waals surface area contributed by atoms with Gasteiger partial charge in [-0.25, -0.2) is 0 Å². The molecular weight excluding hydrogens is 250 g/mol. The number of rotatable bonds is 5. The van der Waals surface area contributed by atoms with E-state index in [4.69, 9.17) is 0 Å². The van der Waals surface area contributed by atoms with Crippen molar-refractivity contribution in [2.24, 2.45) is 0 Å². The maximum absolute atomic E-state index is 12.4. The van der Waals surface area contributed by atoms with Crippen LogP contribution in [0.2, 0.25) is 0 Å². The lowest BCUT2D eigenvalue weighted by Gasteiger charge is -2.25. The Balaban J connectivity index is 2.93. The van der Waals surface area contributed by atoms with Gasteiger partial charge in [0.1, 0.15) is 6.54 Å². The zero-order valence-electron chi connectivity index (χ0n) is 11.2. The molecule has 0 aliphatic heterocycles. The molecule has 0 fully saturated rings. The number of methoxy groups -OCH3 is 1. The number of esters is 1. The van der Waals surface area contributed by atoms with Crippen molar-refractivity contribution in [3.8, 4) is 0 Å². The van der Waals surface area contributed by atoms with Crippen LogP contribution in [0.4, 0.5) is 0 Å². The summed E-state index contributed by atoms with van der Waals surface area (Å²) >= 11 is 1.42. The van der Waals surface area contributed by atoms with E-state index in [-0.39, 0.29) is 18.5 Å². The van der Waals surface area contributed by atoms with Crippen molar-refractivity contribution >= 4 is 23.2 Å². The number of hydrogen-bond donors (Lipinski definition) is 0. The predicted octanol–water partition coefficient (Wildman–Crippen LogP) is 2.33. The highest BCUT2D eigenvalue weighted by atomic mass is 32.1. The molecule has 1 aromatic rings. The smallest absolute Gasteiger partial charge is 0.325 e. The first-order chi connectivity index (χ1) is 8.51. The number of hydrogen-bond acceptors (Lipinski definition) is 4. The third-order valence-corrected chi connectivity index (χ3v) is 3.68. The van der Waals surface area contributed by atoms with Gasteiger partial charge >= 0.3 is 5.97 Å². The van der Waals surface area contributed by atoms with E-state index in [1.807, 2.05) is 32.2 Å². The molecule has 5 heteroatoms. The number of nitrogens with zero attached hydrogens (tertiary/aromatic N) is 1. The van der Waals surface area contributed by atoms with Crippen LogP contribution >= 0.6 is 11.3 Å². The fourth-order valence-corrected chi connectivity index (χ4v) is 2.57. The zero-order chi connectivity index (χ0) is 13.7. The first-order valence-electron chi connectivity index (χ1n) is 5.95. The van der Waals surface area contributed by atoms with Gasteiger partial charge in [0.05, 0.1) is 12.0 Å². The number of thiophene rings is 1. The topological polar surface area (TPSA) is 46.6 Å². The molecule has 1 aromatic heterocycles. The fraction of sp³-hybridized carbons (Fsp3) is 0.538. The van der Waals surface area contributed by atoms with Crippen LogP contribution in [0.15, 0.2) is 11.4 Å². The van der Waals surface area contributed by atoms with Crippen molar-refractivity contribution in [2.45, 2.75) is 33.2 Å². The van der Waals surface area contributed by atoms with Crippen LogP contribution in [-0.2, 0) is 16.0 Å². The molecule has 0 bridgehead atoms. The second-order valence-corrected chi connectivity index (χ2v) is 5.15. The summed E-state index contributed by atoms with van der Waals surface area (Å²) in [4.78, 5) is 26.0. The second kappa shape index (κ2) is 6.54. The average Bonchev–Trinajstić information content (AvgIpc) is 2.82. The molecular formula is C13H19NO3S. The highest BCUT2D eigenvalue weighted by Gasteiger charge is 2.24. The Morgan fingerprint density at radius 3 is 2.61 bits per heavy atom. The molecule has 18 heavy (non-hydrogen) atoms. The van der Waals surface area contributed by atoms with Gasteiger partial charge in [-0.2, -0.15) is 0 Å². The number of ether oxygens (including phenoxy) is 1. The Hall–Kier alpha value is -1.36. The predicted molar refractivity (Wildman–Crippen MR) is 71.9 cm³/mol. The standard InChI is InChI=1S/C13H19NO3S/c1-5-10-6-7-18-12(10)13(16)14(9(2)3)8-11(15)17-4/h6-7,9H,5,8H2,1-4H3. The number of amides is 1. The van der Waals surface area contributed by atoms with E-state index in [0.717, 1.165) is 16.9 Å². The summed E-state index contributed by atoms with van der Waals surface area (Å²) < 4.78 is 4.63. The summed E-state index contributed by atoms with van der Waals surface area (Å²) in [7, 11) is 1.33. The van der Waals surface area contributed by atoms with E-state index in [2.05, 4.69) is 4.74 Å². The van der Waals surface area contributed by atoms with E-state index >= 15 is 0 Å². The maximum atomic E-state index is 12.4. The van der Waals surface area contributed by atoms with Gasteiger partial charge in [-0.3, -0.25) is 9.59 Å². The van der Waals surface area contributed by atoms with Crippen LogP contribution in [-0.4, -0.2) is 36.5 Å². The van der Waals surface area contributed by atoms with E-state index in [0.29, 0.717) is 0 Å². The van der Waals surface area contributed by atoms with Gasteiger partial charge in [0, 0.05) is 6.04 Å². The van der Waals surface area contributed by atoms with Crippen molar-refractivity contribution in [3.05, 3.63) is 21.9 Å². The summed E-state index contributed by atoms with van der Waals surface area (Å²) in [6.45, 7) is 5.78. The fourth-order valence-electron chi connectivity index (χ4n) is 1.62. The second-order valence-electron chi connectivity index (χ2n) is 4.23. The zero-order valence-corrected chi connectivity index (χ0v) is 12.0. The number of aryl methyl sites for hydroxylation is 1. The van der Waals surface area contributed by atoms with Gasteiger partial charge in [-0.05, 0) is 37.3 Å². The van der Waals surface area contributed by atoms with Gasteiger partial charge < -0.3 is 9.64 Å². The van der Waals surface area contributed by atoms with E-state index in [9.17, 15) is 9.59 Å². The Bertz CT molecular complexity index is 426. The Kier molecular flexibility index (Phi) is 5.34. The van der Waals surface area contributed by atoms with Crippen molar-refractivity contribution in [3.63, 3.8) is 0 Å². The molecule has 0 saturated heterocycles. The lowest BCUT2D eigenvalue weighted by Crippen LogP contribution is -2.41. The third kappa shape index (κ3) is 3.32. The van der Waals surface area contributed by atoms with Gasteiger partial charge in [-0.1, -0.05) is 6.92 Å². The van der Waals surface area contributed by atoms with Gasteiger partial charge in [0.15, 0.2) is 0 Å². The van der Waals surface area contributed by atoms with Crippen LogP contribution in [0.3, 0.4) is 0 Å². The monoisotopic (exact) mass is 269 g/mol. The summed E-state index contributed by atoms with van der Waals surface area (Å²) in [6.07, 6.45) is 0.814.